The predicted molar refractivity (Wildman–Crippen MR) is 321 cm³/mol. The Morgan fingerprint density at radius 1 is 0.765 bits per heavy atom. The van der Waals surface area contributed by atoms with Gasteiger partial charge in [0.05, 0.1) is 50.5 Å². The molecule has 6 N–H and O–H groups in total. The number of phenolic OH excluding ortho intramolecular Hbond substituents is 1. The molecule has 5 atom stereocenters. The second kappa shape index (κ2) is 29.0. The van der Waals surface area contributed by atoms with E-state index in [0.29, 0.717) is 42.8 Å². The van der Waals surface area contributed by atoms with Crippen molar-refractivity contribution in [1.82, 2.24) is 31.2 Å². The summed E-state index contributed by atoms with van der Waals surface area (Å²) in [5, 5.41) is 43.4. The van der Waals surface area contributed by atoms with E-state index in [1.807, 2.05) is 52.7 Å². The monoisotopic (exact) mass is 1280 g/mol. The SMILES string of the molecule is COc1ccc(C(NC(=O)C[C@H](NC(=O)[C@H](NC(=O)[C@@H](CC(C)C)N(C)C(=O)OC(C)(C)C)[C@H](O[Si](C)(C)C(C)(C)C)c2ccc(O)c(Cl)c2)C(=O)N[C@@H](CO)c2cc(Br)c(N=NN3CCCC3)c(Br)c2)c2ccc(OC)cc2)cc1. The lowest BCUT2D eigenvalue weighted by atomic mass is 9.97. The smallest absolute Gasteiger partial charge is 0.410 e. The van der Waals surface area contributed by atoms with Crippen LogP contribution >= 0.6 is 43.5 Å². The molecule has 1 saturated heterocycles. The number of aliphatic hydroxyl groups excluding tert-OH is 1. The molecule has 442 valence electrons. The van der Waals surface area contributed by atoms with E-state index in [0.717, 1.165) is 25.9 Å². The summed E-state index contributed by atoms with van der Waals surface area (Å²) in [6.45, 7) is 19.7. The van der Waals surface area contributed by atoms with Crippen LogP contribution in [0.1, 0.15) is 122 Å². The van der Waals surface area contributed by atoms with Crippen molar-refractivity contribution >= 4 is 87.2 Å². The molecule has 0 bridgehead atoms. The Balaban J connectivity index is 1.65. The summed E-state index contributed by atoms with van der Waals surface area (Å²) >= 11 is 13.8. The fraction of sp³-hybridized carbons (Fsp3) is 0.500. The number of nitrogens with one attached hydrogen (secondary N) is 4. The highest BCUT2D eigenvalue weighted by Crippen LogP contribution is 2.42. The second-order valence-electron chi connectivity index (χ2n) is 23.0. The first-order chi connectivity index (χ1) is 37.9. The topological polar surface area (TPSA) is 242 Å². The first-order valence-corrected chi connectivity index (χ1v) is 31.7. The molecule has 1 aliphatic heterocycles. The number of hydrogen-bond donors (Lipinski definition) is 6. The van der Waals surface area contributed by atoms with Gasteiger partial charge < -0.3 is 50.1 Å². The normalized spacial score (nSPS) is 14.9. The fourth-order valence-electron chi connectivity index (χ4n) is 8.51. The van der Waals surface area contributed by atoms with Crippen LogP contribution in [0.3, 0.4) is 0 Å². The molecule has 81 heavy (non-hydrogen) atoms. The van der Waals surface area contributed by atoms with Crippen molar-refractivity contribution < 1.29 is 52.8 Å². The van der Waals surface area contributed by atoms with Gasteiger partial charge in [0.15, 0.2) is 8.32 Å². The molecule has 0 radical (unpaired) electrons. The van der Waals surface area contributed by atoms with Crippen molar-refractivity contribution in [3.05, 3.63) is 115 Å². The van der Waals surface area contributed by atoms with Crippen LogP contribution in [0, 0.1) is 5.92 Å². The molecule has 4 aromatic rings. The van der Waals surface area contributed by atoms with Crippen LogP contribution in [0.25, 0.3) is 0 Å². The number of carbonyl (C=O) groups excluding carboxylic acids is 5. The number of carbonyl (C=O) groups is 5. The highest BCUT2D eigenvalue weighted by Gasteiger charge is 2.45. The van der Waals surface area contributed by atoms with Crippen LogP contribution in [0.4, 0.5) is 10.5 Å². The van der Waals surface area contributed by atoms with Gasteiger partial charge >= 0.3 is 6.09 Å². The van der Waals surface area contributed by atoms with Crippen molar-refractivity contribution in [3.63, 3.8) is 0 Å². The average Bonchev–Trinajstić information content (AvgIpc) is 3.98. The average molecular weight is 1290 g/mol. The molecule has 1 heterocycles. The first kappa shape index (κ1) is 66.0. The van der Waals surface area contributed by atoms with Gasteiger partial charge in [0, 0.05) is 29.1 Å². The first-order valence-electron chi connectivity index (χ1n) is 26.8. The Labute approximate surface area is 499 Å². The highest BCUT2D eigenvalue weighted by atomic mass is 79.9. The molecule has 19 nitrogen and oxygen atoms in total. The Hall–Kier alpha value is -5.78. The number of ether oxygens (including phenoxy) is 3. The van der Waals surface area contributed by atoms with Gasteiger partial charge in [-0.25, -0.2) is 4.79 Å². The maximum Gasteiger partial charge on any atom is 0.410 e. The van der Waals surface area contributed by atoms with Crippen molar-refractivity contribution in [2.45, 2.75) is 141 Å². The number of phenols is 1. The number of likely N-dealkylation sites (N-methyl/N-ethyl adjacent to an activating group) is 1. The standard InChI is InChI=1S/C58H79Br2ClN8O11Si/c1-34(2)28-46(68(9)56(76)79-57(3,4)5)54(74)65-51(52(80-81(12,13)58(6,7)8)37-20-25-47(71)43(61)31-37)55(75)62-44(32-48(72)64-49(35-16-21-39(77-10)22-17-35)36-18-23-40(78-11)24-19-36)53(73)63-45(33-70)38-29-41(59)50(42(60)30-38)66-67-69-26-14-15-27-69/h16-25,29-31,34,44-46,49,51-52,70-71H,14-15,26-28,32-33H2,1-13H3,(H,62,75)(H,63,73)(H,64,72)(H,65,74)/t44-,45-,46+,51+,52+/m0/s1. The third-order valence-corrected chi connectivity index (χ3v) is 20.0. The lowest BCUT2D eigenvalue weighted by Gasteiger charge is -2.42. The highest BCUT2D eigenvalue weighted by molar-refractivity contribution is 9.11. The maximum atomic E-state index is 15.7. The third-order valence-electron chi connectivity index (χ3n) is 14.1. The van der Waals surface area contributed by atoms with Crippen molar-refractivity contribution in [1.29, 1.82) is 0 Å². The van der Waals surface area contributed by atoms with E-state index >= 15 is 14.4 Å². The third kappa shape index (κ3) is 18.6. The lowest BCUT2D eigenvalue weighted by Crippen LogP contribution is -2.60. The number of halogens is 3. The summed E-state index contributed by atoms with van der Waals surface area (Å²) < 4.78 is 24.6. The number of aliphatic hydroxyl groups is 1. The van der Waals surface area contributed by atoms with Crippen LogP contribution in [-0.2, 0) is 28.3 Å². The van der Waals surface area contributed by atoms with Crippen LogP contribution in [0.5, 0.6) is 17.2 Å². The van der Waals surface area contributed by atoms with Crippen LogP contribution in [0.15, 0.2) is 98.1 Å². The molecule has 5 amide bonds. The molecule has 0 unspecified atom stereocenters. The number of nitrogens with zero attached hydrogens (tertiary/aromatic N) is 4. The summed E-state index contributed by atoms with van der Waals surface area (Å²) in [5.74, 6) is -2.52. The zero-order valence-corrected chi connectivity index (χ0v) is 53.4. The van der Waals surface area contributed by atoms with Gasteiger partial charge in [0.1, 0.15) is 46.7 Å². The quantitative estimate of drug-likeness (QED) is 0.0284. The summed E-state index contributed by atoms with van der Waals surface area (Å²) in [6, 6.07) is 15.3. The fourth-order valence-corrected chi connectivity index (χ4v) is 11.3. The minimum Gasteiger partial charge on any atom is -0.506 e. The Morgan fingerprint density at radius 3 is 1.79 bits per heavy atom. The number of amides is 5. The van der Waals surface area contributed by atoms with Crippen molar-refractivity contribution in [2.75, 3.05) is 41.0 Å². The number of aromatic hydroxyl groups is 1. The Kier molecular flexibility index (Phi) is 23.6. The van der Waals surface area contributed by atoms with Gasteiger partial charge in [0.25, 0.3) is 0 Å². The largest absolute Gasteiger partial charge is 0.506 e. The van der Waals surface area contributed by atoms with Crippen LogP contribution in [0.2, 0.25) is 23.2 Å². The maximum absolute atomic E-state index is 15.7. The van der Waals surface area contributed by atoms with Crippen LogP contribution < -0.4 is 30.7 Å². The predicted octanol–water partition coefficient (Wildman–Crippen LogP) is 11.1. The molecule has 0 aromatic heterocycles. The van der Waals surface area contributed by atoms with E-state index < -0.39 is 98.0 Å². The van der Waals surface area contributed by atoms with Gasteiger partial charge in [0.2, 0.25) is 23.6 Å². The van der Waals surface area contributed by atoms with E-state index in [1.165, 1.54) is 44.4 Å². The van der Waals surface area contributed by atoms with Crippen molar-refractivity contribution in [2.24, 2.45) is 16.3 Å². The molecule has 4 aromatic carbocycles. The molecule has 1 fully saturated rings. The van der Waals surface area contributed by atoms with E-state index in [9.17, 15) is 19.8 Å². The minimum absolute atomic E-state index is 0.0719. The molecule has 0 spiro atoms. The van der Waals surface area contributed by atoms with Crippen LogP contribution in [-0.4, -0.2) is 123 Å². The summed E-state index contributed by atoms with van der Waals surface area (Å²) in [5.41, 5.74) is 1.59. The zero-order valence-electron chi connectivity index (χ0n) is 48.5. The molecule has 0 aliphatic carbocycles. The summed E-state index contributed by atoms with van der Waals surface area (Å²) in [4.78, 5) is 75.5. The molecular formula is C58H79Br2ClN8O11Si. The zero-order chi connectivity index (χ0) is 60.1. The number of benzene rings is 4. The van der Waals surface area contributed by atoms with E-state index in [1.54, 1.807) is 81.4 Å². The number of rotatable bonds is 24. The van der Waals surface area contributed by atoms with Gasteiger partial charge in [-0.2, -0.15) is 0 Å². The minimum atomic E-state index is -2.97. The molecule has 5 rings (SSSR count). The Morgan fingerprint density at radius 2 is 1.31 bits per heavy atom. The van der Waals surface area contributed by atoms with Gasteiger partial charge in [-0.15, -0.1) is 5.11 Å². The number of methoxy groups -OCH3 is 2. The van der Waals surface area contributed by atoms with Gasteiger partial charge in [-0.3, -0.25) is 29.1 Å². The van der Waals surface area contributed by atoms with E-state index in [4.69, 9.17) is 30.2 Å². The van der Waals surface area contributed by atoms with Gasteiger partial charge in [-0.05, 0) is 167 Å². The molecular weight excluding hydrogens is 1210 g/mol. The molecule has 0 saturated carbocycles. The summed E-state index contributed by atoms with van der Waals surface area (Å²) in [7, 11) is 1.55. The van der Waals surface area contributed by atoms with Crippen molar-refractivity contribution in [3.8, 4) is 17.2 Å². The molecule has 23 heteroatoms. The summed E-state index contributed by atoms with van der Waals surface area (Å²) in [6.07, 6.45) is -0.653. The van der Waals surface area contributed by atoms with Gasteiger partial charge in [-0.1, -0.05) is 81.8 Å². The van der Waals surface area contributed by atoms with E-state index in [2.05, 4.69) is 63.5 Å². The molecule has 1 aliphatic rings. The lowest BCUT2D eigenvalue weighted by molar-refractivity contribution is -0.137. The van der Waals surface area contributed by atoms with E-state index in [-0.39, 0.29) is 28.7 Å². The second-order valence-corrected chi connectivity index (χ2v) is 29.8. The number of hydrogen-bond acceptors (Lipinski definition) is 13. The Bertz CT molecular complexity index is 2770.